The molecule has 7 heteroatoms. The van der Waals surface area contributed by atoms with Crippen molar-refractivity contribution in [3.8, 4) is 5.75 Å². The van der Waals surface area contributed by atoms with Gasteiger partial charge in [-0.15, -0.1) is 0 Å². The second-order valence-corrected chi connectivity index (χ2v) is 5.87. The van der Waals surface area contributed by atoms with Gasteiger partial charge in [-0.3, -0.25) is 0 Å². The van der Waals surface area contributed by atoms with Crippen molar-refractivity contribution >= 4 is 9.84 Å². The summed E-state index contributed by atoms with van der Waals surface area (Å²) in [6.07, 6.45) is -2.59. The molecule has 2 rings (SSSR count). The van der Waals surface area contributed by atoms with Gasteiger partial charge >= 0.3 is 12.1 Å². The van der Waals surface area contributed by atoms with E-state index in [0.717, 1.165) is 24.3 Å². The third kappa shape index (κ3) is 3.43. The van der Waals surface area contributed by atoms with Crippen LogP contribution in [0, 0.1) is 0 Å². The quantitative estimate of drug-likeness (QED) is 0.803. The predicted octanol–water partition coefficient (Wildman–Crippen LogP) is 3.93. The highest BCUT2D eigenvalue weighted by atomic mass is 32.2. The molecule has 0 saturated heterocycles. The molecule has 0 unspecified atom stereocenters. The van der Waals surface area contributed by atoms with Crippen LogP contribution in [0.2, 0.25) is 0 Å². The van der Waals surface area contributed by atoms with Gasteiger partial charge in [0.05, 0.1) is 9.79 Å². The fourth-order valence-electron chi connectivity index (χ4n) is 1.56. The lowest BCUT2D eigenvalue weighted by atomic mass is 10.3. The monoisotopic (exact) mass is 314 g/mol. The molecule has 2 aromatic carbocycles. The summed E-state index contributed by atoms with van der Waals surface area (Å²) in [4.78, 5) is 0.0469. The van der Waals surface area contributed by atoms with Crippen molar-refractivity contribution in [2.45, 2.75) is 9.79 Å². The van der Waals surface area contributed by atoms with Crippen LogP contribution in [0.5, 0.6) is 5.75 Å². The Balaban J connectivity index is 2.30. The van der Waals surface area contributed by atoms with E-state index in [1.807, 2.05) is 0 Å². The maximum atomic E-state index is 12.6. The third-order valence-corrected chi connectivity index (χ3v) is 4.33. The first-order valence-corrected chi connectivity index (χ1v) is 7.18. The molecule has 0 spiro atoms. The van der Waals surface area contributed by atoms with Crippen LogP contribution in [0.15, 0.2) is 76.5 Å². The highest BCUT2D eigenvalue weighted by Gasteiger charge is 2.17. The lowest BCUT2D eigenvalue weighted by Gasteiger charge is -2.06. The SMILES string of the molecule is O=S(=O)(c1ccccc1)c1ccc(OC(F)=C(F)F)cc1. The largest absolute Gasteiger partial charge is 0.428 e. The van der Waals surface area contributed by atoms with Crippen molar-refractivity contribution in [2.24, 2.45) is 0 Å². The van der Waals surface area contributed by atoms with Gasteiger partial charge < -0.3 is 4.74 Å². The number of halogens is 3. The molecule has 0 aliphatic rings. The van der Waals surface area contributed by atoms with Gasteiger partial charge in [-0.2, -0.15) is 13.2 Å². The van der Waals surface area contributed by atoms with Gasteiger partial charge in [-0.05, 0) is 36.4 Å². The molecule has 0 atom stereocenters. The van der Waals surface area contributed by atoms with E-state index < -0.39 is 21.9 Å². The smallest absolute Gasteiger partial charge is 0.344 e. The second kappa shape index (κ2) is 6.01. The molecule has 3 nitrogen and oxygen atoms in total. The first-order valence-electron chi connectivity index (χ1n) is 5.70. The van der Waals surface area contributed by atoms with E-state index in [4.69, 9.17) is 0 Å². The van der Waals surface area contributed by atoms with E-state index in [2.05, 4.69) is 4.74 Å². The van der Waals surface area contributed by atoms with Crippen molar-refractivity contribution < 1.29 is 26.3 Å². The zero-order valence-electron chi connectivity index (χ0n) is 10.5. The summed E-state index contributed by atoms with van der Waals surface area (Å²) in [7, 11) is -3.71. The first-order chi connectivity index (χ1) is 9.91. The molecule has 0 aliphatic heterocycles. The van der Waals surface area contributed by atoms with Gasteiger partial charge in [0.25, 0.3) is 0 Å². The van der Waals surface area contributed by atoms with Crippen LogP contribution < -0.4 is 4.74 Å². The molecule has 0 amide bonds. The van der Waals surface area contributed by atoms with Gasteiger partial charge in [-0.25, -0.2) is 8.42 Å². The molecule has 0 aromatic heterocycles. The summed E-state index contributed by atoms with van der Waals surface area (Å²) in [5.74, 6) is -0.229. The first kappa shape index (κ1) is 15.1. The predicted molar refractivity (Wildman–Crippen MR) is 69.3 cm³/mol. The van der Waals surface area contributed by atoms with Crippen LogP contribution in [0.4, 0.5) is 13.2 Å². The fourth-order valence-corrected chi connectivity index (χ4v) is 2.85. The van der Waals surface area contributed by atoms with Crippen molar-refractivity contribution in [1.29, 1.82) is 0 Å². The summed E-state index contributed by atoms with van der Waals surface area (Å²) in [6.45, 7) is 0. The normalized spacial score (nSPS) is 11.0. The Morgan fingerprint density at radius 3 is 1.86 bits per heavy atom. The van der Waals surface area contributed by atoms with E-state index in [1.54, 1.807) is 18.2 Å². The molecule has 110 valence electrons. The molecule has 0 heterocycles. The average Bonchev–Trinajstić information content (AvgIpc) is 2.48. The number of hydrogen-bond donors (Lipinski definition) is 0. The van der Waals surface area contributed by atoms with Crippen LogP contribution in [-0.4, -0.2) is 8.42 Å². The summed E-state index contributed by atoms with van der Waals surface area (Å²) in [5.41, 5.74) is 0. The van der Waals surface area contributed by atoms with Gasteiger partial charge in [0.2, 0.25) is 9.84 Å². The van der Waals surface area contributed by atoms with Crippen molar-refractivity contribution in [3.05, 3.63) is 66.7 Å². The van der Waals surface area contributed by atoms with Crippen LogP contribution in [-0.2, 0) is 9.84 Å². The Kier molecular flexibility index (Phi) is 4.32. The highest BCUT2D eigenvalue weighted by molar-refractivity contribution is 7.91. The minimum Gasteiger partial charge on any atom is -0.428 e. The summed E-state index contributed by atoms with van der Waals surface area (Å²) in [5, 5.41) is 0. The fraction of sp³-hybridized carbons (Fsp3) is 0. The number of ether oxygens (including phenoxy) is 1. The van der Waals surface area contributed by atoms with Gasteiger partial charge in [0.15, 0.2) is 0 Å². The van der Waals surface area contributed by atoms with E-state index >= 15 is 0 Å². The molecule has 0 radical (unpaired) electrons. The second-order valence-electron chi connectivity index (χ2n) is 3.92. The van der Waals surface area contributed by atoms with Crippen LogP contribution in [0.1, 0.15) is 0 Å². The molecule has 21 heavy (non-hydrogen) atoms. The molecule has 0 fully saturated rings. The van der Waals surface area contributed by atoms with Crippen LogP contribution in [0.3, 0.4) is 0 Å². The van der Waals surface area contributed by atoms with Gasteiger partial charge in [0, 0.05) is 0 Å². The Morgan fingerprint density at radius 2 is 1.33 bits per heavy atom. The third-order valence-electron chi connectivity index (χ3n) is 2.54. The van der Waals surface area contributed by atoms with Crippen LogP contribution in [0.25, 0.3) is 0 Å². The zero-order chi connectivity index (χ0) is 15.5. The van der Waals surface area contributed by atoms with Crippen molar-refractivity contribution in [1.82, 2.24) is 0 Å². The minimum absolute atomic E-state index is 0.0499. The molecule has 0 saturated carbocycles. The summed E-state index contributed by atoms with van der Waals surface area (Å²) >= 11 is 0. The number of benzene rings is 2. The maximum absolute atomic E-state index is 12.6. The average molecular weight is 314 g/mol. The van der Waals surface area contributed by atoms with Crippen molar-refractivity contribution in [2.75, 3.05) is 0 Å². The van der Waals surface area contributed by atoms with Crippen molar-refractivity contribution in [3.63, 3.8) is 0 Å². The van der Waals surface area contributed by atoms with E-state index in [0.29, 0.717) is 0 Å². The summed E-state index contributed by atoms with van der Waals surface area (Å²) in [6, 6.07) is 10.2. The Hall–Kier alpha value is -2.28. The molecule has 0 bridgehead atoms. The minimum atomic E-state index is -3.71. The Bertz CT molecular complexity index is 750. The number of sulfone groups is 1. The van der Waals surface area contributed by atoms with Crippen LogP contribution >= 0.6 is 0 Å². The highest BCUT2D eigenvalue weighted by Crippen LogP contribution is 2.24. The molecule has 0 aliphatic carbocycles. The van der Waals surface area contributed by atoms with E-state index in [1.165, 1.54) is 12.1 Å². The van der Waals surface area contributed by atoms with E-state index in [-0.39, 0.29) is 15.5 Å². The van der Waals surface area contributed by atoms with Gasteiger partial charge in [-0.1, -0.05) is 18.2 Å². The maximum Gasteiger partial charge on any atom is 0.344 e. The standard InChI is InChI=1S/C14H9F3O3S/c15-13(16)14(17)20-10-6-8-12(9-7-10)21(18,19)11-4-2-1-3-5-11/h1-9H. The lowest BCUT2D eigenvalue weighted by molar-refractivity contribution is 0.241. The number of hydrogen-bond acceptors (Lipinski definition) is 3. The Morgan fingerprint density at radius 1 is 0.810 bits per heavy atom. The number of rotatable bonds is 4. The molecule has 0 N–H and O–H groups in total. The molecule has 2 aromatic rings. The lowest BCUT2D eigenvalue weighted by Crippen LogP contribution is -2.01. The topological polar surface area (TPSA) is 43.4 Å². The van der Waals surface area contributed by atoms with Gasteiger partial charge in [0.1, 0.15) is 5.75 Å². The molecular formula is C14H9F3O3S. The Labute approximate surface area is 119 Å². The van der Waals surface area contributed by atoms with E-state index in [9.17, 15) is 21.6 Å². The summed E-state index contributed by atoms with van der Waals surface area (Å²) < 4.78 is 65.1. The molecular weight excluding hydrogens is 305 g/mol. The zero-order valence-corrected chi connectivity index (χ0v) is 11.3.